The number of fused-ring (bicyclic) bond motifs is 3. The van der Waals surface area contributed by atoms with Gasteiger partial charge in [0.1, 0.15) is 0 Å². The van der Waals surface area contributed by atoms with E-state index in [0.29, 0.717) is 29.7 Å². The van der Waals surface area contributed by atoms with Crippen LogP contribution in [0.2, 0.25) is 0 Å². The van der Waals surface area contributed by atoms with Gasteiger partial charge in [-0.05, 0) is 32.3 Å². The Kier molecular flexibility index (Phi) is 3.11. The molecule has 24 heavy (non-hydrogen) atoms. The standard InChI is InChI=1S/C18H18N4O2/c1-20(2)7-8-21-17(23)14-10-11(19)9-13-12-5-3-4-6-15(12)22(16(13)14)18(21)24/h3-6,9-10H,7-8,19H2,1-2H3. The minimum atomic E-state index is -0.301. The zero-order chi connectivity index (χ0) is 17.0. The van der Waals surface area contributed by atoms with Crippen molar-refractivity contribution in [3.63, 3.8) is 0 Å². The van der Waals surface area contributed by atoms with Crippen molar-refractivity contribution in [3.8, 4) is 0 Å². The Hall–Kier alpha value is -2.86. The first-order chi connectivity index (χ1) is 11.5. The molecule has 0 aliphatic rings. The molecule has 2 aromatic heterocycles. The third-order valence-electron chi connectivity index (χ3n) is 4.46. The van der Waals surface area contributed by atoms with Gasteiger partial charge in [-0.3, -0.25) is 13.8 Å². The Morgan fingerprint density at radius 2 is 1.75 bits per heavy atom. The first kappa shape index (κ1) is 14.7. The summed E-state index contributed by atoms with van der Waals surface area (Å²) < 4.78 is 2.93. The van der Waals surface area contributed by atoms with Crippen LogP contribution in [0.1, 0.15) is 0 Å². The van der Waals surface area contributed by atoms with Crippen LogP contribution >= 0.6 is 0 Å². The van der Waals surface area contributed by atoms with E-state index in [-0.39, 0.29) is 11.2 Å². The lowest BCUT2D eigenvalue weighted by Gasteiger charge is -2.12. The Bertz CT molecular complexity index is 1190. The molecule has 6 heteroatoms. The molecule has 0 aliphatic carbocycles. The average molecular weight is 322 g/mol. The van der Waals surface area contributed by atoms with E-state index in [9.17, 15) is 9.59 Å². The molecule has 2 aromatic carbocycles. The Labute approximate surface area is 137 Å². The lowest BCUT2D eigenvalue weighted by Crippen LogP contribution is -2.39. The second-order valence-electron chi connectivity index (χ2n) is 6.36. The first-order valence-electron chi connectivity index (χ1n) is 7.82. The number of anilines is 1. The fourth-order valence-electron chi connectivity index (χ4n) is 3.33. The number of nitrogens with zero attached hydrogens (tertiary/aromatic N) is 3. The SMILES string of the molecule is CN(C)CCn1c(=O)c2cc(N)cc3c4ccccc4n(c1=O)c23. The van der Waals surface area contributed by atoms with E-state index in [1.54, 1.807) is 10.5 Å². The predicted molar refractivity (Wildman–Crippen MR) is 97.1 cm³/mol. The minimum absolute atomic E-state index is 0.283. The molecule has 2 heterocycles. The maximum atomic E-state index is 13.0. The monoisotopic (exact) mass is 322 g/mol. The number of nitrogen functional groups attached to an aromatic ring is 1. The van der Waals surface area contributed by atoms with Crippen LogP contribution < -0.4 is 17.0 Å². The van der Waals surface area contributed by atoms with E-state index >= 15 is 0 Å². The molecule has 0 bridgehead atoms. The highest BCUT2D eigenvalue weighted by Crippen LogP contribution is 2.30. The van der Waals surface area contributed by atoms with E-state index in [4.69, 9.17) is 5.73 Å². The highest BCUT2D eigenvalue weighted by molar-refractivity contribution is 6.14. The van der Waals surface area contributed by atoms with Gasteiger partial charge in [-0.1, -0.05) is 18.2 Å². The number of aromatic nitrogens is 2. The van der Waals surface area contributed by atoms with Gasteiger partial charge in [0.15, 0.2) is 0 Å². The molecule has 4 rings (SSSR count). The maximum Gasteiger partial charge on any atom is 0.336 e. The summed E-state index contributed by atoms with van der Waals surface area (Å²) in [6, 6.07) is 11.1. The first-order valence-corrected chi connectivity index (χ1v) is 7.82. The number of rotatable bonds is 3. The number of nitrogens with two attached hydrogens (primary N) is 1. The molecule has 0 aliphatic heterocycles. The summed E-state index contributed by atoms with van der Waals surface area (Å²) in [6.45, 7) is 0.949. The van der Waals surface area contributed by atoms with Crippen molar-refractivity contribution in [3.05, 3.63) is 57.2 Å². The van der Waals surface area contributed by atoms with Crippen LogP contribution in [-0.2, 0) is 6.54 Å². The van der Waals surface area contributed by atoms with Crippen LogP contribution in [0.5, 0.6) is 0 Å². The van der Waals surface area contributed by atoms with Crippen molar-refractivity contribution in [2.45, 2.75) is 6.54 Å². The third-order valence-corrected chi connectivity index (χ3v) is 4.46. The van der Waals surface area contributed by atoms with Gasteiger partial charge in [-0.25, -0.2) is 4.79 Å². The zero-order valence-electron chi connectivity index (χ0n) is 13.6. The quantitative estimate of drug-likeness (QED) is 0.578. The molecule has 4 aromatic rings. The highest BCUT2D eigenvalue weighted by atomic mass is 16.2. The smallest absolute Gasteiger partial charge is 0.336 e. The molecule has 0 saturated carbocycles. The van der Waals surface area contributed by atoms with Gasteiger partial charge in [0, 0.05) is 29.5 Å². The van der Waals surface area contributed by atoms with Gasteiger partial charge in [0.25, 0.3) is 5.56 Å². The molecule has 0 fully saturated rings. The van der Waals surface area contributed by atoms with Crippen LogP contribution in [0.25, 0.3) is 27.2 Å². The van der Waals surface area contributed by atoms with E-state index in [2.05, 4.69) is 0 Å². The summed E-state index contributed by atoms with van der Waals surface area (Å²) in [5.74, 6) is 0. The Morgan fingerprint density at radius 1 is 1.04 bits per heavy atom. The van der Waals surface area contributed by atoms with Crippen molar-refractivity contribution < 1.29 is 0 Å². The summed E-state index contributed by atoms with van der Waals surface area (Å²) in [5, 5.41) is 2.26. The van der Waals surface area contributed by atoms with Crippen molar-refractivity contribution in [2.75, 3.05) is 26.4 Å². The third kappa shape index (κ3) is 1.93. The summed E-state index contributed by atoms with van der Waals surface area (Å²) in [5.41, 5.74) is 7.41. The number of para-hydroxylation sites is 1. The van der Waals surface area contributed by atoms with E-state index in [1.165, 1.54) is 4.57 Å². The molecule has 0 amide bonds. The van der Waals surface area contributed by atoms with E-state index in [1.807, 2.05) is 49.3 Å². The van der Waals surface area contributed by atoms with Crippen LogP contribution in [0.3, 0.4) is 0 Å². The minimum Gasteiger partial charge on any atom is -0.399 e. The van der Waals surface area contributed by atoms with Gasteiger partial charge in [-0.2, -0.15) is 0 Å². The molecule has 0 spiro atoms. The summed E-state index contributed by atoms with van der Waals surface area (Å²) >= 11 is 0. The molecule has 0 unspecified atom stereocenters. The average Bonchev–Trinajstić information content (AvgIpc) is 2.87. The zero-order valence-corrected chi connectivity index (χ0v) is 13.6. The molecule has 6 nitrogen and oxygen atoms in total. The van der Waals surface area contributed by atoms with Gasteiger partial charge >= 0.3 is 5.69 Å². The second kappa shape index (κ2) is 5.07. The number of hydrogen-bond acceptors (Lipinski definition) is 4. The van der Waals surface area contributed by atoms with Crippen LogP contribution in [-0.4, -0.2) is 34.5 Å². The molecule has 0 atom stereocenters. The molecular formula is C18H18N4O2. The Balaban J connectivity index is 2.24. The maximum absolute atomic E-state index is 13.0. The van der Waals surface area contributed by atoms with Gasteiger partial charge in [0.05, 0.1) is 16.4 Å². The van der Waals surface area contributed by atoms with Crippen LogP contribution in [0.15, 0.2) is 46.0 Å². The largest absolute Gasteiger partial charge is 0.399 e. The van der Waals surface area contributed by atoms with Gasteiger partial charge in [-0.15, -0.1) is 0 Å². The van der Waals surface area contributed by atoms with Crippen LogP contribution in [0, 0.1) is 0 Å². The highest BCUT2D eigenvalue weighted by Gasteiger charge is 2.18. The van der Waals surface area contributed by atoms with Gasteiger partial charge in [0.2, 0.25) is 0 Å². The number of benzene rings is 2. The van der Waals surface area contributed by atoms with Gasteiger partial charge < -0.3 is 10.6 Å². The lowest BCUT2D eigenvalue weighted by atomic mass is 10.1. The normalized spacial score (nSPS) is 12.1. The molecule has 0 radical (unpaired) electrons. The predicted octanol–water partition coefficient (Wildman–Crippen LogP) is 1.35. The van der Waals surface area contributed by atoms with Crippen LogP contribution in [0.4, 0.5) is 5.69 Å². The Morgan fingerprint density at radius 3 is 2.50 bits per heavy atom. The van der Waals surface area contributed by atoms with Crippen molar-refractivity contribution in [1.29, 1.82) is 0 Å². The van der Waals surface area contributed by atoms with Crippen molar-refractivity contribution in [2.24, 2.45) is 0 Å². The van der Waals surface area contributed by atoms with E-state index < -0.39 is 0 Å². The van der Waals surface area contributed by atoms with E-state index in [0.717, 1.165) is 16.3 Å². The fourth-order valence-corrected chi connectivity index (χ4v) is 3.33. The lowest BCUT2D eigenvalue weighted by molar-refractivity contribution is 0.376. The summed E-state index contributed by atoms with van der Waals surface area (Å²) in [4.78, 5) is 27.8. The molecule has 2 N–H and O–H groups in total. The molecular weight excluding hydrogens is 304 g/mol. The van der Waals surface area contributed by atoms with Crippen molar-refractivity contribution >= 4 is 32.9 Å². The molecule has 0 saturated heterocycles. The topological polar surface area (TPSA) is 72.7 Å². The second-order valence-corrected chi connectivity index (χ2v) is 6.36. The molecule has 122 valence electrons. The summed E-state index contributed by atoms with van der Waals surface area (Å²) in [6.07, 6.45) is 0. The number of hydrogen-bond donors (Lipinski definition) is 1. The fraction of sp³-hybridized carbons (Fsp3) is 0.222. The van der Waals surface area contributed by atoms with Crippen molar-refractivity contribution in [1.82, 2.24) is 13.9 Å². The number of likely N-dealkylation sites (N-methyl/N-ethyl adjacent to an activating group) is 1. The summed E-state index contributed by atoms with van der Waals surface area (Å²) in [7, 11) is 3.82.